The van der Waals surface area contributed by atoms with Crippen molar-refractivity contribution in [3.05, 3.63) is 177 Å². The van der Waals surface area contributed by atoms with Crippen molar-refractivity contribution in [3.63, 3.8) is 0 Å². The van der Waals surface area contributed by atoms with Gasteiger partial charge in [-0.25, -0.2) is 0 Å². The Morgan fingerprint density at radius 3 is 1.55 bits per heavy atom. The fraction of sp³-hybridized carbons (Fsp3) is 0.311. The van der Waals surface area contributed by atoms with E-state index in [4.69, 9.17) is 13.6 Å². The number of fused-ring (bicyclic) bond motifs is 3. The summed E-state index contributed by atoms with van der Waals surface area (Å²) in [6.45, 7) is 27.0. The van der Waals surface area contributed by atoms with Gasteiger partial charge < -0.3 is 18.5 Å². The Morgan fingerprint density at radius 1 is 0.667 bits per heavy atom. The van der Waals surface area contributed by atoms with Crippen LogP contribution in [0.2, 0.25) is 36.3 Å². The van der Waals surface area contributed by atoms with E-state index in [2.05, 4.69) is 170 Å². The number of alkyl halides is 3. The van der Waals surface area contributed by atoms with E-state index in [-0.39, 0.29) is 38.1 Å². The zero-order valence-electron chi connectivity index (χ0n) is 44.8. The van der Waals surface area contributed by atoms with Gasteiger partial charge in [0.1, 0.15) is 11.6 Å². The molecule has 6 aromatic rings. The van der Waals surface area contributed by atoms with Gasteiger partial charge >= 0.3 is 6.18 Å². The quantitative estimate of drug-likeness (QED) is 0.0709. The molecule has 14 heteroatoms. The number of anilines is 1. The minimum atomic E-state index is -4.99. The van der Waals surface area contributed by atoms with Crippen molar-refractivity contribution in [1.82, 2.24) is 0 Å². The smallest absolute Gasteiger partial charge is 0.437 e. The van der Waals surface area contributed by atoms with E-state index in [1.807, 2.05) is 24.3 Å². The molecule has 4 heterocycles. The largest absolute Gasteiger partial charge is 0.466 e. The molecule has 0 N–H and O–H groups in total. The number of rotatable bonds is 16. The first-order chi connectivity index (χ1) is 35.4. The Balaban J connectivity index is 1.17. The van der Waals surface area contributed by atoms with Crippen LogP contribution in [0.1, 0.15) is 69.3 Å². The Hall–Kier alpha value is -5.82. The van der Waals surface area contributed by atoms with Crippen LogP contribution in [0, 0.1) is 22.7 Å². The van der Waals surface area contributed by atoms with Crippen molar-refractivity contribution in [2.24, 2.45) is 0 Å². The summed E-state index contributed by atoms with van der Waals surface area (Å²) in [5.74, 6) is -0.374. The molecule has 0 fully saturated rings. The number of thiophene rings is 2. The van der Waals surface area contributed by atoms with Gasteiger partial charge in [0.2, 0.25) is 0 Å². The molecule has 2 aliphatic rings. The normalized spacial score (nSPS) is 17.5. The third-order valence-corrected chi connectivity index (χ3v) is 32.2. The molecule has 6 nitrogen and oxygen atoms in total. The molecule has 388 valence electrons. The second-order valence-electron chi connectivity index (χ2n) is 22.3. The van der Waals surface area contributed by atoms with Crippen LogP contribution in [0.25, 0.3) is 28.0 Å². The van der Waals surface area contributed by atoms with Crippen molar-refractivity contribution in [3.8, 4) is 21.9 Å². The number of allylic oxidation sites excluding steroid dienone is 2. The Bertz CT molecular complexity index is 3170. The third-order valence-electron chi connectivity index (χ3n) is 15.6. The van der Waals surface area contributed by atoms with Crippen LogP contribution >= 0.6 is 22.7 Å². The highest BCUT2D eigenvalue weighted by Gasteiger charge is 2.65. The zero-order chi connectivity index (χ0) is 54.2. The topological polar surface area (TPSA) is 78.5 Å². The molecule has 0 saturated heterocycles. The lowest BCUT2D eigenvalue weighted by Crippen LogP contribution is -2.72. The highest BCUT2D eigenvalue weighted by Crippen LogP contribution is 2.56. The maximum atomic E-state index is 15.7. The van der Waals surface area contributed by atoms with Crippen molar-refractivity contribution in [2.45, 2.75) is 96.5 Å². The van der Waals surface area contributed by atoms with Crippen LogP contribution in [-0.4, -0.2) is 57.2 Å². The van der Waals surface area contributed by atoms with Gasteiger partial charge in [-0.05, 0) is 106 Å². The van der Waals surface area contributed by atoms with Gasteiger partial charge in [0.25, 0.3) is 5.60 Å². The molecule has 2 aromatic heterocycles. The molecular formula is C61H66F3N3O3S2Si3. The molecule has 0 spiro atoms. The summed E-state index contributed by atoms with van der Waals surface area (Å²) in [6, 6.07) is 45.5. The second-order valence-corrected chi connectivity index (χ2v) is 37.9. The molecule has 0 bridgehead atoms. The molecule has 1 unspecified atom stereocenters. The summed E-state index contributed by atoms with van der Waals surface area (Å²) in [7, 11) is -6.86. The lowest BCUT2D eigenvalue weighted by Gasteiger charge is -2.38. The highest BCUT2D eigenvalue weighted by molar-refractivity contribution is 7.34. The molecule has 0 saturated carbocycles. The molecule has 0 radical (unpaired) electrons. The number of benzene rings is 4. The number of halogens is 3. The van der Waals surface area contributed by atoms with E-state index in [1.54, 1.807) is 23.5 Å². The van der Waals surface area contributed by atoms with E-state index in [1.165, 1.54) is 64.2 Å². The van der Waals surface area contributed by atoms with Crippen LogP contribution in [-0.2, 0) is 19.2 Å². The third kappa shape index (κ3) is 10.6. The molecule has 8 rings (SSSR count). The number of ether oxygens (including phenoxy) is 1. The molecule has 4 aromatic carbocycles. The van der Waals surface area contributed by atoms with Crippen LogP contribution in [0.4, 0.5) is 18.9 Å². The van der Waals surface area contributed by atoms with Gasteiger partial charge in [0.05, 0.1) is 24.9 Å². The second kappa shape index (κ2) is 21.3. The minimum Gasteiger partial charge on any atom is -0.466 e. The molecule has 1 atom stereocenters. The standard InChI is InChI=1S/C61H66F3N3O3S2Si3/c1-43(41-65)55-51(42-66)52(60(70-55,61(62,63)64)45-21-15-12-16-22-45)34-33-48-40-54-57(72-48)56-53(75(54,49-23-17-13-18-24-49)50-25-19-14-20-26-50)39-47(71-56)32-29-44-27-30-46(31-28-44)67(35-37-68-73(8,9)58(2,3)4)36-38-69-74(10,11)59(5,6)7/h12-34,39-40H,35-38H2,1-11H3/b32-29+,34-33+,55-43?. The van der Waals surface area contributed by atoms with Crippen LogP contribution in [0.15, 0.2) is 156 Å². The first kappa shape index (κ1) is 55.4. The first-order valence-corrected chi connectivity index (χ1v) is 34.8. The van der Waals surface area contributed by atoms with Gasteiger partial charge in [-0.15, -0.1) is 22.7 Å². The summed E-state index contributed by atoms with van der Waals surface area (Å²) in [5.41, 5.74) is -1.83. The predicted octanol–water partition coefficient (Wildman–Crippen LogP) is 14.3. The average molecular weight is 1090 g/mol. The van der Waals surface area contributed by atoms with Crippen LogP contribution < -0.4 is 25.6 Å². The molecule has 0 amide bonds. The Labute approximate surface area is 453 Å². The molecule has 0 aliphatic carbocycles. The van der Waals surface area contributed by atoms with Crippen LogP contribution in [0.3, 0.4) is 0 Å². The highest BCUT2D eigenvalue weighted by atomic mass is 32.1. The molecule has 2 aliphatic heterocycles. The maximum Gasteiger partial charge on any atom is 0.437 e. The number of hydrogen-bond donors (Lipinski definition) is 0. The van der Waals surface area contributed by atoms with E-state index in [9.17, 15) is 10.5 Å². The van der Waals surface area contributed by atoms with Crippen molar-refractivity contribution < 1.29 is 26.8 Å². The summed E-state index contributed by atoms with van der Waals surface area (Å²) in [4.78, 5) is 6.43. The van der Waals surface area contributed by atoms with E-state index < -0.39 is 36.5 Å². The van der Waals surface area contributed by atoms with Gasteiger partial charge in [-0.3, -0.25) is 0 Å². The Kier molecular flexibility index (Phi) is 15.7. The SMILES string of the molecule is CC(C#N)=C1OC(c2ccccc2)(C(F)(F)F)C(/C=C/c2cc3c(s2)-c2sc(/C=C/c4ccc(N(CCO[Si](C)(C)C(C)(C)C)CCO[Si](C)(C)C(C)(C)C)cc4)cc2[Si]3(c2ccccc2)c2ccccc2)=C1C#N. The van der Waals surface area contributed by atoms with Crippen molar-refractivity contribution in [1.29, 1.82) is 10.5 Å². The number of hydrogen-bond acceptors (Lipinski definition) is 8. The van der Waals surface area contributed by atoms with Gasteiger partial charge in [-0.2, -0.15) is 23.7 Å². The first-order valence-electron chi connectivity index (χ1n) is 25.4. The summed E-state index contributed by atoms with van der Waals surface area (Å²) in [5, 5.41) is 25.4. The average Bonchev–Trinajstić information content (AvgIpc) is 4.16. The maximum absolute atomic E-state index is 15.7. The minimum absolute atomic E-state index is 0.119. The predicted molar refractivity (Wildman–Crippen MR) is 314 cm³/mol. The van der Waals surface area contributed by atoms with Crippen molar-refractivity contribution >= 4 is 92.0 Å². The zero-order valence-corrected chi connectivity index (χ0v) is 49.4. The van der Waals surface area contributed by atoms with E-state index >= 15 is 13.2 Å². The van der Waals surface area contributed by atoms with Gasteiger partial charge in [0.15, 0.2) is 30.5 Å². The Morgan fingerprint density at radius 2 is 1.12 bits per heavy atom. The molecule has 75 heavy (non-hydrogen) atoms. The van der Waals surface area contributed by atoms with E-state index in [0.717, 1.165) is 49.0 Å². The van der Waals surface area contributed by atoms with Gasteiger partial charge in [-0.1, -0.05) is 157 Å². The van der Waals surface area contributed by atoms with Crippen molar-refractivity contribution in [2.75, 3.05) is 31.2 Å². The van der Waals surface area contributed by atoms with E-state index in [0.29, 0.717) is 13.2 Å². The number of nitrogens with zero attached hydrogens (tertiary/aromatic N) is 3. The summed E-state index contributed by atoms with van der Waals surface area (Å²) >= 11 is 3.26. The lowest BCUT2D eigenvalue weighted by molar-refractivity contribution is -0.249. The monoisotopic (exact) mass is 1090 g/mol. The summed E-state index contributed by atoms with van der Waals surface area (Å²) in [6.07, 6.45) is 2.39. The lowest BCUT2D eigenvalue weighted by atomic mass is 9.84. The fourth-order valence-electron chi connectivity index (χ4n) is 9.40. The number of nitriles is 2. The van der Waals surface area contributed by atoms with Gasteiger partial charge in [0, 0.05) is 49.4 Å². The summed E-state index contributed by atoms with van der Waals surface area (Å²) < 4.78 is 66.3. The fourth-order valence-corrected chi connectivity index (χ4v) is 20.1. The van der Waals surface area contributed by atoms with Crippen LogP contribution in [0.5, 0.6) is 0 Å². The molecular weight excluding hydrogens is 1030 g/mol.